The lowest BCUT2D eigenvalue weighted by atomic mass is 9.96. The van der Waals surface area contributed by atoms with Gasteiger partial charge in [-0.05, 0) is 32.1 Å². The van der Waals surface area contributed by atoms with Crippen molar-refractivity contribution in [3.63, 3.8) is 0 Å². The molecule has 96 valence electrons. The molecule has 0 heterocycles. The molecule has 0 rings (SSSR count). The first-order valence-corrected chi connectivity index (χ1v) is 6.12. The molecule has 0 bridgehead atoms. The summed E-state index contributed by atoms with van der Waals surface area (Å²) in [5.41, 5.74) is 5.60. The molecular weight excluding hydrogens is 204 g/mol. The lowest BCUT2D eigenvalue weighted by Crippen LogP contribution is -2.40. The molecule has 2 atom stereocenters. The van der Waals surface area contributed by atoms with E-state index in [1.807, 2.05) is 6.92 Å². The number of amides is 1. The lowest BCUT2D eigenvalue weighted by Gasteiger charge is -2.20. The summed E-state index contributed by atoms with van der Waals surface area (Å²) in [4.78, 5) is 11.8. The van der Waals surface area contributed by atoms with Crippen molar-refractivity contribution in [2.45, 2.75) is 46.1 Å². The molecule has 0 aromatic carbocycles. The van der Waals surface area contributed by atoms with Crippen molar-refractivity contribution in [3.05, 3.63) is 0 Å². The summed E-state index contributed by atoms with van der Waals surface area (Å²) in [7, 11) is 0. The highest BCUT2D eigenvalue weighted by Gasteiger charge is 2.19. The Labute approximate surface area is 98.6 Å². The first kappa shape index (κ1) is 15.4. The number of aliphatic hydroxyl groups is 1. The van der Waals surface area contributed by atoms with Crippen molar-refractivity contribution in [3.8, 4) is 0 Å². The van der Waals surface area contributed by atoms with Crippen LogP contribution < -0.4 is 11.1 Å². The van der Waals surface area contributed by atoms with Crippen LogP contribution in [0.15, 0.2) is 0 Å². The smallest absolute Gasteiger partial charge is 0.224 e. The Balaban J connectivity index is 3.99. The molecule has 16 heavy (non-hydrogen) atoms. The quantitative estimate of drug-likeness (QED) is 0.579. The summed E-state index contributed by atoms with van der Waals surface area (Å²) in [6.07, 6.45) is 2.36. The second-order valence-electron chi connectivity index (χ2n) is 4.84. The molecule has 0 aromatic rings. The first-order valence-electron chi connectivity index (χ1n) is 6.12. The van der Waals surface area contributed by atoms with Crippen LogP contribution in [0.4, 0.5) is 0 Å². The lowest BCUT2D eigenvalue weighted by molar-refractivity contribution is -0.125. The first-order chi connectivity index (χ1) is 7.51. The summed E-state index contributed by atoms with van der Waals surface area (Å²) < 4.78 is 0. The van der Waals surface area contributed by atoms with Crippen LogP contribution in [0.1, 0.15) is 40.0 Å². The fraction of sp³-hybridized carbons (Fsp3) is 0.917. The second kappa shape index (κ2) is 8.53. The van der Waals surface area contributed by atoms with Gasteiger partial charge in [0.25, 0.3) is 0 Å². The fourth-order valence-electron chi connectivity index (χ4n) is 1.71. The third-order valence-corrected chi connectivity index (χ3v) is 2.60. The molecule has 0 saturated heterocycles. The van der Waals surface area contributed by atoms with Gasteiger partial charge in [0.15, 0.2) is 0 Å². The second-order valence-corrected chi connectivity index (χ2v) is 4.84. The van der Waals surface area contributed by atoms with Gasteiger partial charge in [-0.15, -0.1) is 0 Å². The highest BCUT2D eigenvalue weighted by Crippen LogP contribution is 2.11. The van der Waals surface area contributed by atoms with E-state index < -0.39 is 0 Å². The van der Waals surface area contributed by atoms with E-state index in [1.54, 1.807) is 0 Å². The molecule has 1 amide bonds. The Kier molecular flexibility index (Phi) is 8.21. The summed E-state index contributed by atoms with van der Waals surface area (Å²) >= 11 is 0. The van der Waals surface area contributed by atoms with E-state index in [0.29, 0.717) is 12.5 Å². The van der Waals surface area contributed by atoms with Gasteiger partial charge in [0, 0.05) is 19.2 Å². The van der Waals surface area contributed by atoms with Gasteiger partial charge >= 0.3 is 0 Å². The van der Waals surface area contributed by atoms with Gasteiger partial charge in [0.1, 0.15) is 0 Å². The van der Waals surface area contributed by atoms with Gasteiger partial charge in [-0.3, -0.25) is 4.79 Å². The number of hydrogen-bond acceptors (Lipinski definition) is 3. The minimum absolute atomic E-state index is 0.0432. The normalized spacial score (nSPS) is 14.9. The molecule has 2 unspecified atom stereocenters. The Bertz CT molecular complexity index is 195. The van der Waals surface area contributed by atoms with Gasteiger partial charge in [-0.25, -0.2) is 0 Å². The summed E-state index contributed by atoms with van der Waals surface area (Å²) in [5, 5.41) is 11.6. The Morgan fingerprint density at radius 2 is 2.00 bits per heavy atom. The Hall–Kier alpha value is -0.610. The van der Waals surface area contributed by atoms with E-state index in [4.69, 9.17) is 10.8 Å². The van der Waals surface area contributed by atoms with Crippen molar-refractivity contribution in [1.29, 1.82) is 0 Å². The van der Waals surface area contributed by atoms with Crippen LogP contribution >= 0.6 is 0 Å². The average Bonchev–Trinajstić information content (AvgIpc) is 2.22. The van der Waals surface area contributed by atoms with Crippen LogP contribution in [0.25, 0.3) is 0 Å². The number of rotatable bonds is 8. The minimum atomic E-state index is -0.0865. The van der Waals surface area contributed by atoms with Crippen molar-refractivity contribution in [2.24, 2.45) is 17.6 Å². The van der Waals surface area contributed by atoms with Gasteiger partial charge in [0.2, 0.25) is 5.91 Å². The van der Waals surface area contributed by atoms with Crippen LogP contribution in [-0.4, -0.2) is 30.2 Å². The van der Waals surface area contributed by atoms with Crippen LogP contribution in [-0.2, 0) is 4.79 Å². The minimum Gasteiger partial charge on any atom is -0.396 e. The third-order valence-electron chi connectivity index (χ3n) is 2.60. The van der Waals surface area contributed by atoms with E-state index in [-0.39, 0.29) is 24.5 Å². The van der Waals surface area contributed by atoms with Crippen LogP contribution in [0.5, 0.6) is 0 Å². The molecule has 0 fully saturated rings. The maximum atomic E-state index is 11.8. The Morgan fingerprint density at radius 1 is 1.38 bits per heavy atom. The zero-order chi connectivity index (χ0) is 12.6. The van der Waals surface area contributed by atoms with Gasteiger partial charge < -0.3 is 16.2 Å². The maximum absolute atomic E-state index is 11.8. The average molecular weight is 230 g/mol. The van der Waals surface area contributed by atoms with Gasteiger partial charge in [-0.1, -0.05) is 13.8 Å². The summed E-state index contributed by atoms with van der Waals surface area (Å²) in [5.74, 6) is 0.435. The standard InChI is InChI=1S/C12H26N2O2/c1-9(2)7-11(8-13)12(16)14-10(3)5-4-6-15/h9-11,15H,4-8,13H2,1-3H3,(H,14,16). The molecule has 0 saturated carbocycles. The molecule has 0 aromatic heterocycles. The number of nitrogens with two attached hydrogens (primary N) is 1. The molecule has 0 aliphatic rings. The highest BCUT2D eigenvalue weighted by atomic mass is 16.2. The van der Waals surface area contributed by atoms with Gasteiger partial charge in [-0.2, -0.15) is 0 Å². The highest BCUT2D eigenvalue weighted by molar-refractivity contribution is 5.79. The topological polar surface area (TPSA) is 75.4 Å². The number of carbonyl (C=O) groups is 1. The predicted molar refractivity (Wildman–Crippen MR) is 65.9 cm³/mol. The van der Waals surface area contributed by atoms with Crippen molar-refractivity contribution in [1.82, 2.24) is 5.32 Å². The fourth-order valence-corrected chi connectivity index (χ4v) is 1.71. The summed E-state index contributed by atoms with van der Waals surface area (Å²) in [6.45, 7) is 6.70. The Morgan fingerprint density at radius 3 is 2.44 bits per heavy atom. The van der Waals surface area contributed by atoms with E-state index in [1.165, 1.54) is 0 Å². The van der Waals surface area contributed by atoms with Crippen LogP contribution in [0, 0.1) is 11.8 Å². The van der Waals surface area contributed by atoms with E-state index in [9.17, 15) is 4.79 Å². The predicted octanol–water partition coefficient (Wildman–Crippen LogP) is 0.885. The maximum Gasteiger partial charge on any atom is 0.224 e. The molecule has 0 spiro atoms. The van der Waals surface area contributed by atoms with Crippen molar-refractivity contribution in [2.75, 3.05) is 13.2 Å². The van der Waals surface area contributed by atoms with Crippen molar-refractivity contribution >= 4 is 5.91 Å². The number of nitrogens with one attached hydrogen (secondary N) is 1. The molecule has 4 N–H and O–H groups in total. The number of carbonyl (C=O) groups excluding carboxylic acids is 1. The van der Waals surface area contributed by atoms with E-state index >= 15 is 0 Å². The third kappa shape index (κ3) is 6.80. The molecular formula is C12H26N2O2. The van der Waals surface area contributed by atoms with Crippen molar-refractivity contribution < 1.29 is 9.90 Å². The summed E-state index contributed by atoms with van der Waals surface area (Å²) in [6, 6.07) is 0.112. The monoisotopic (exact) mass is 230 g/mol. The van der Waals surface area contributed by atoms with Gasteiger partial charge in [0.05, 0.1) is 5.92 Å². The molecule has 4 heteroatoms. The van der Waals surface area contributed by atoms with E-state index in [0.717, 1.165) is 19.3 Å². The molecule has 4 nitrogen and oxygen atoms in total. The molecule has 0 aliphatic heterocycles. The van der Waals surface area contributed by atoms with E-state index in [2.05, 4.69) is 19.2 Å². The molecule has 0 radical (unpaired) electrons. The molecule has 0 aliphatic carbocycles. The number of aliphatic hydroxyl groups excluding tert-OH is 1. The zero-order valence-corrected chi connectivity index (χ0v) is 10.7. The largest absolute Gasteiger partial charge is 0.396 e. The zero-order valence-electron chi connectivity index (χ0n) is 10.7. The van der Waals surface area contributed by atoms with Crippen LogP contribution in [0.3, 0.4) is 0 Å². The SMILES string of the molecule is CC(C)CC(CN)C(=O)NC(C)CCCO. The van der Waals surface area contributed by atoms with Crippen LogP contribution in [0.2, 0.25) is 0 Å². The number of hydrogen-bond donors (Lipinski definition) is 3.